The van der Waals surface area contributed by atoms with Gasteiger partial charge in [-0.25, -0.2) is 0 Å². The average molecular weight is 260 g/mol. The lowest BCUT2D eigenvalue weighted by molar-refractivity contribution is 0.104. The second kappa shape index (κ2) is 10.1. The van der Waals surface area contributed by atoms with Gasteiger partial charge in [0.25, 0.3) is 0 Å². The van der Waals surface area contributed by atoms with Crippen molar-refractivity contribution in [3.05, 3.63) is 0 Å². The van der Waals surface area contributed by atoms with Gasteiger partial charge < -0.3 is 9.33 Å². The molecule has 0 aromatic rings. The molecule has 17 heavy (non-hydrogen) atoms. The Kier molecular flexibility index (Phi) is 10.2. The molecule has 104 valence electrons. The minimum Gasteiger partial charge on any atom is -0.423 e. The van der Waals surface area contributed by atoms with Crippen molar-refractivity contribution >= 4 is 10.5 Å². The van der Waals surface area contributed by atoms with E-state index in [2.05, 4.69) is 32.6 Å². The molecule has 0 saturated heterocycles. The molecule has 0 heterocycles. The molecule has 0 amide bonds. The van der Waals surface area contributed by atoms with E-state index >= 15 is 0 Å². The first-order valence-electron chi connectivity index (χ1n) is 7.33. The van der Waals surface area contributed by atoms with Gasteiger partial charge in [-0.1, -0.05) is 26.7 Å². The van der Waals surface area contributed by atoms with Crippen molar-refractivity contribution < 1.29 is 4.43 Å². The third-order valence-corrected chi connectivity index (χ3v) is 4.57. The highest BCUT2D eigenvalue weighted by Crippen LogP contribution is 2.15. The molecular weight excluding hydrogens is 226 g/mol. The lowest BCUT2D eigenvalue weighted by atomic mass is 10.0. The molecule has 0 saturated carbocycles. The van der Waals surface area contributed by atoms with Crippen LogP contribution in [0.5, 0.6) is 0 Å². The van der Waals surface area contributed by atoms with Crippen molar-refractivity contribution in [2.45, 2.75) is 71.8 Å². The van der Waals surface area contributed by atoms with Crippen LogP contribution < -0.4 is 0 Å². The van der Waals surface area contributed by atoms with Crippen molar-refractivity contribution in [3.8, 4) is 0 Å². The summed E-state index contributed by atoms with van der Waals surface area (Å²) >= 11 is 0. The number of unbranched alkanes of at least 4 members (excludes halogenated alkanes) is 2. The zero-order valence-corrected chi connectivity index (χ0v) is 14.7. The molecule has 0 fully saturated rings. The first-order valence-corrected chi connectivity index (χ1v) is 8.15. The van der Waals surface area contributed by atoms with Gasteiger partial charge in [-0.15, -0.1) is 0 Å². The maximum atomic E-state index is 5.60. The highest BCUT2D eigenvalue weighted by Gasteiger charge is 2.15. The van der Waals surface area contributed by atoms with Crippen molar-refractivity contribution in [2.75, 3.05) is 19.6 Å². The monoisotopic (exact) mass is 259 g/mol. The Hall–Kier alpha value is 0.137. The molecule has 0 aromatic heterocycles. The smallest absolute Gasteiger partial charge is 0.146 e. The van der Waals surface area contributed by atoms with E-state index in [0.717, 1.165) is 10.5 Å². The predicted molar refractivity (Wildman–Crippen MR) is 80.6 cm³/mol. The SMILES string of the molecule is CCCCN(CCCC)CCCC(C)(C)O[SiH3]. The molecule has 0 spiro atoms. The second-order valence-corrected chi connectivity index (χ2v) is 6.02. The van der Waals surface area contributed by atoms with Gasteiger partial charge in [-0.05, 0) is 59.2 Å². The summed E-state index contributed by atoms with van der Waals surface area (Å²) in [5.41, 5.74) is 0.105. The molecule has 0 aliphatic carbocycles. The van der Waals surface area contributed by atoms with Crippen LogP contribution in [0.25, 0.3) is 0 Å². The fraction of sp³-hybridized carbons (Fsp3) is 1.00. The van der Waals surface area contributed by atoms with Crippen LogP contribution in [0.3, 0.4) is 0 Å². The first-order chi connectivity index (χ1) is 8.05. The Morgan fingerprint density at radius 1 is 0.941 bits per heavy atom. The van der Waals surface area contributed by atoms with Crippen LogP contribution in [0.4, 0.5) is 0 Å². The van der Waals surface area contributed by atoms with Crippen LogP contribution in [0.1, 0.15) is 66.2 Å². The Bertz CT molecular complexity index is 166. The van der Waals surface area contributed by atoms with E-state index in [1.807, 2.05) is 0 Å². The predicted octanol–water partition coefficient (Wildman–Crippen LogP) is 2.74. The minimum atomic E-state index is 0.105. The Morgan fingerprint density at radius 2 is 1.41 bits per heavy atom. The molecule has 0 aliphatic rings. The molecule has 0 radical (unpaired) electrons. The Labute approximate surface area is 112 Å². The molecule has 0 unspecified atom stereocenters. The van der Waals surface area contributed by atoms with Crippen LogP contribution in [0.2, 0.25) is 0 Å². The standard InChI is InChI=1S/C14H33NOSi/c1-5-7-11-15(12-8-6-2)13-9-10-14(3,4)16-17/h5-13H2,1-4,17H3. The summed E-state index contributed by atoms with van der Waals surface area (Å²) in [5, 5.41) is 0. The zero-order valence-electron chi connectivity index (χ0n) is 12.7. The fourth-order valence-corrected chi connectivity index (χ4v) is 2.13. The van der Waals surface area contributed by atoms with Crippen LogP contribution in [0, 0.1) is 0 Å². The van der Waals surface area contributed by atoms with Gasteiger partial charge >= 0.3 is 0 Å². The highest BCUT2D eigenvalue weighted by molar-refractivity contribution is 5.98. The zero-order chi connectivity index (χ0) is 13.1. The summed E-state index contributed by atoms with van der Waals surface area (Å²) in [7, 11) is 0.851. The number of nitrogens with zero attached hydrogens (tertiary/aromatic N) is 1. The molecule has 0 atom stereocenters. The average Bonchev–Trinajstić information content (AvgIpc) is 2.31. The molecule has 2 nitrogen and oxygen atoms in total. The van der Waals surface area contributed by atoms with E-state index in [1.54, 1.807) is 0 Å². The third kappa shape index (κ3) is 9.80. The summed E-state index contributed by atoms with van der Waals surface area (Å²) in [6, 6.07) is 0. The third-order valence-electron chi connectivity index (χ3n) is 3.46. The lowest BCUT2D eigenvalue weighted by Gasteiger charge is -2.27. The molecular formula is C14H33NOSi. The summed E-state index contributed by atoms with van der Waals surface area (Å²) in [5.74, 6) is 0. The van der Waals surface area contributed by atoms with Crippen molar-refractivity contribution in [3.63, 3.8) is 0 Å². The van der Waals surface area contributed by atoms with E-state index in [4.69, 9.17) is 4.43 Å². The molecule has 0 bridgehead atoms. The van der Waals surface area contributed by atoms with E-state index in [-0.39, 0.29) is 5.60 Å². The van der Waals surface area contributed by atoms with E-state index < -0.39 is 0 Å². The summed E-state index contributed by atoms with van der Waals surface area (Å²) in [6.45, 7) is 12.8. The van der Waals surface area contributed by atoms with E-state index in [1.165, 1.54) is 58.2 Å². The number of hydrogen-bond acceptors (Lipinski definition) is 2. The van der Waals surface area contributed by atoms with Gasteiger partial charge in [-0.2, -0.15) is 0 Å². The van der Waals surface area contributed by atoms with Crippen LogP contribution >= 0.6 is 0 Å². The largest absolute Gasteiger partial charge is 0.423 e. The van der Waals surface area contributed by atoms with Gasteiger partial charge in [0.1, 0.15) is 10.5 Å². The summed E-state index contributed by atoms with van der Waals surface area (Å²) in [6.07, 6.45) is 7.73. The molecule has 0 aliphatic heterocycles. The van der Waals surface area contributed by atoms with Crippen LogP contribution in [0.15, 0.2) is 0 Å². The maximum absolute atomic E-state index is 5.60. The van der Waals surface area contributed by atoms with Gasteiger partial charge in [0.15, 0.2) is 0 Å². The van der Waals surface area contributed by atoms with E-state index in [9.17, 15) is 0 Å². The lowest BCUT2D eigenvalue weighted by Crippen LogP contribution is -2.30. The normalized spacial score (nSPS) is 12.5. The number of rotatable bonds is 11. The topological polar surface area (TPSA) is 12.5 Å². The van der Waals surface area contributed by atoms with Crippen molar-refractivity contribution in [1.82, 2.24) is 4.90 Å². The minimum absolute atomic E-state index is 0.105. The van der Waals surface area contributed by atoms with E-state index in [0.29, 0.717) is 0 Å². The van der Waals surface area contributed by atoms with Crippen molar-refractivity contribution in [2.24, 2.45) is 0 Å². The Balaban J connectivity index is 3.81. The molecule has 0 aromatic carbocycles. The summed E-state index contributed by atoms with van der Waals surface area (Å²) in [4.78, 5) is 2.64. The van der Waals surface area contributed by atoms with Gasteiger partial charge in [0.05, 0.1) is 0 Å². The quantitative estimate of drug-likeness (QED) is 0.529. The Morgan fingerprint density at radius 3 is 1.82 bits per heavy atom. The van der Waals surface area contributed by atoms with Crippen LogP contribution in [-0.4, -0.2) is 40.6 Å². The van der Waals surface area contributed by atoms with Crippen LogP contribution in [-0.2, 0) is 4.43 Å². The van der Waals surface area contributed by atoms with Crippen molar-refractivity contribution in [1.29, 1.82) is 0 Å². The maximum Gasteiger partial charge on any atom is 0.146 e. The van der Waals surface area contributed by atoms with Gasteiger partial charge in [0, 0.05) is 5.60 Å². The second-order valence-electron chi connectivity index (χ2n) is 5.62. The fourth-order valence-electron chi connectivity index (χ4n) is 1.93. The first kappa shape index (κ1) is 17.1. The highest BCUT2D eigenvalue weighted by atomic mass is 28.2. The van der Waals surface area contributed by atoms with Gasteiger partial charge in [-0.3, -0.25) is 0 Å². The summed E-state index contributed by atoms with van der Waals surface area (Å²) < 4.78 is 5.60. The molecule has 3 heteroatoms. The van der Waals surface area contributed by atoms with Gasteiger partial charge in [0.2, 0.25) is 0 Å². The number of hydrogen-bond donors (Lipinski definition) is 0. The molecule has 0 rings (SSSR count). The molecule has 0 N–H and O–H groups in total.